The van der Waals surface area contributed by atoms with E-state index in [4.69, 9.17) is 9.47 Å². The molecule has 1 aliphatic carbocycles. The summed E-state index contributed by atoms with van der Waals surface area (Å²) in [5.74, 6) is 0.823. The summed E-state index contributed by atoms with van der Waals surface area (Å²) in [7, 11) is 0. The Hall–Kier alpha value is -3.28. The molecule has 1 spiro atoms. The number of hydrogen-bond acceptors (Lipinski definition) is 4. The van der Waals surface area contributed by atoms with E-state index in [1.54, 1.807) is 6.08 Å². The molecular formula is C27H30N2O4. The molecule has 0 radical (unpaired) electrons. The largest absolute Gasteiger partial charge is 0.448 e. The van der Waals surface area contributed by atoms with Crippen LogP contribution in [0.25, 0.3) is 6.08 Å². The highest BCUT2D eigenvalue weighted by Gasteiger charge is 2.42. The predicted molar refractivity (Wildman–Crippen MR) is 127 cm³/mol. The highest BCUT2D eigenvalue weighted by Crippen LogP contribution is 2.46. The summed E-state index contributed by atoms with van der Waals surface area (Å²) >= 11 is 0. The molecule has 0 atom stereocenters. The number of fused-ring (bicyclic) bond motifs is 1. The normalized spacial score (nSPS) is 19.7. The lowest BCUT2D eigenvalue weighted by molar-refractivity contribution is -0.130. The zero-order valence-electron chi connectivity index (χ0n) is 18.8. The highest BCUT2D eigenvalue weighted by molar-refractivity contribution is 5.94. The van der Waals surface area contributed by atoms with E-state index in [2.05, 4.69) is 5.32 Å². The number of rotatable bonds is 4. The van der Waals surface area contributed by atoms with Gasteiger partial charge in [-0.15, -0.1) is 0 Å². The first-order valence-electron chi connectivity index (χ1n) is 12.0. The Morgan fingerprint density at radius 1 is 0.939 bits per heavy atom. The van der Waals surface area contributed by atoms with Crippen LogP contribution in [-0.4, -0.2) is 35.6 Å². The number of carbonyl (C=O) groups is 2. The van der Waals surface area contributed by atoms with Crippen LogP contribution in [0.2, 0.25) is 0 Å². The maximum Gasteiger partial charge on any atom is 0.251 e. The number of benzene rings is 2. The Kier molecular flexibility index (Phi) is 6.07. The second-order valence-electron chi connectivity index (χ2n) is 9.17. The van der Waals surface area contributed by atoms with Crippen molar-refractivity contribution >= 4 is 23.6 Å². The Bertz CT molecular complexity index is 1040. The van der Waals surface area contributed by atoms with Crippen molar-refractivity contribution in [1.82, 2.24) is 4.90 Å². The van der Waals surface area contributed by atoms with Crippen molar-refractivity contribution < 1.29 is 19.1 Å². The van der Waals surface area contributed by atoms with Crippen molar-refractivity contribution in [2.75, 3.05) is 18.4 Å². The molecule has 2 aliphatic heterocycles. The third kappa shape index (κ3) is 4.90. The minimum absolute atomic E-state index is 0.00632. The van der Waals surface area contributed by atoms with E-state index in [9.17, 15) is 9.59 Å². The van der Waals surface area contributed by atoms with Crippen LogP contribution >= 0.6 is 0 Å². The number of carbonyl (C=O) groups excluding carboxylic acids is 2. The Morgan fingerprint density at radius 3 is 2.42 bits per heavy atom. The molecule has 6 heteroatoms. The minimum Gasteiger partial charge on any atom is -0.448 e. The lowest BCUT2D eigenvalue weighted by Gasteiger charge is -2.31. The fourth-order valence-corrected chi connectivity index (χ4v) is 4.91. The summed E-state index contributed by atoms with van der Waals surface area (Å²) < 4.78 is 12.3. The molecule has 6 nitrogen and oxygen atoms in total. The van der Waals surface area contributed by atoms with E-state index in [1.807, 2.05) is 59.5 Å². The zero-order chi connectivity index (χ0) is 22.7. The van der Waals surface area contributed by atoms with Crippen LogP contribution in [0.4, 0.5) is 5.69 Å². The number of nitrogens with zero attached hydrogens (tertiary/aromatic N) is 1. The summed E-state index contributed by atoms with van der Waals surface area (Å²) in [4.78, 5) is 27.2. The number of nitrogens with one attached hydrogen (secondary N) is 1. The average Bonchev–Trinajstić information content (AvgIpc) is 3.20. The van der Waals surface area contributed by atoms with Gasteiger partial charge >= 0.3 is 0 Å². The van der Waals surface area contributed by atoms with Gasteiger partial charge in [0.15, 0.2) is 11.5 Å². The lowest BCUT2D eigenvalue weighted by Crippen LogP contribution is -2.40. The van der Waals surface area contributed by atoms with E-state index in [0.717, 1.165) is 42.7 Å². The molecule has 2 aromatic rings. The van der Waals surface area contributed by atoms with Gasteiger partial charge in [0.25, 0.3) is 5.79 Å². The quantitative estimate of drug-likeness (QED) is 0.671. The number of piperidine rings is 1. The van der Waals surface area contributed by atoms with Crippen LogP contribution in [-0.2, 0) is 9.59 Å². The molecule has 2 aromatic carbocycles. The van der Waals surface area contributed by atoms with Gasteiger partial charge in [0.05, 0.1) is 0 Å². The number of hydrogen-bond donors (Lipinski definition) is 1. The Morgan fingerprint density at radius 2 is 1.67 bits per heavy atom. The molecule has 2 heterocycles. The molecule has 3 aliphatic rings. The fourth-order valence-electron chi connectivity index (χ4n) is 4.91. The van der Waals surface area contributed by atoms with Gasteiger partial charge in [-0.3, -0.25) is 9.59 Å². The van der Waals surface area contributed by atoms with E-state index in [1.165, 1.54) is 6.42 Å². The second-order valence-corrected chi connectivity index (χ2v) is 9.17. The maximum absolute atomic E-state index is 12.8. The number of amides is 2. The van der Waals surface area contributed by atoms with Gasteiger partial charge in [0.2, 0.25) is 11.8 Å². The Balaban J connectivity index is 1.13. The van der Waals surface area contributed by atoms with Gasteiger partial charge in [-0.1, -0.05) is 36.8 Å². The molecule has 5 rings (SSSR count). The average molecular weight is 447 g/mol. The molecule has 0 aromatic heterocycles. The van der Waals surface area contributed by atoms with Crippen molar-refractivity contribution in [1.29, 1.82) is 0 Å². The fraction of sp³-hybridized carbons (Fsp3) is 0.407. The van der Waals surface area contributed by atoms with E-state index < -0.39 is 5.79 Å². The van der Waals surface area contributed by atoms with Crippen LogP contribution in [0.3, 0.4) is 0 Å². The van der Waals surface area contributed by atoms with E-state index in [0.29, 0.717) is 31.7 Å². The van der Waals surface area contributed by atoms with E-state index >= 15 is 0 Å². The number of ether oxygens (including phenoxy) is 2. The molecule has 1 saturated carbocycles. The first-order chi connectivity index (χ1) is 16.1. The summed E-state index contributed by atoms with van der Waals surface area (Å²) in [5.41, 5.74) is 1.72. The van der Waals surface area contributed by atoms with Gasteiger partial charge in [-0.05, 0) is 49.5 Å². The lowest BCUT2D eigenvalue weighted by atomic mass is 9.94. The van der Waals surface area contributed by atoms with Crippen LogP contribution in [0.1, 0.15) is 50.5 Å². The van der Waals surface area contributed by atoms with Crippen molar-refractivity contribution in [2.24, 2.45) is 5.92 Å². The third-order valence-corrected chi connectivity index (χ3v) is 6.81. The van der Waals surface area contributed by atoms with Crippen LogP contribution in [0, 0.1) is 5.92 Å². The molecule has 2 fully saturated rings. The topological polar surface area (TPSA) is 67.9 Å². The SMILES string of the molecule is O=C(Nc1ccc2c(c1)OC1(CCCCC1)O2)C1CCN(C(=O)/C=C/c2ccccc2)CC1. The highest BCUT2D eigenvalue weighted by atomic mass is 16.7. The molecule has 1 saturated heterocycles. The van der Waals surface area contributed by atoms with Crippen molar-refractivity contribution in [3.8, 4) is 11.5 Å². The number of anilines is 1. The Labute approximate surface area is 194 Å². The molecule has 0 bridgehead atoms. The van der Waals surface area contributed by atoms with Crippen LogP contribution in [0.15, 0.2) is 54.6 Å². The first kappa shape index (κ1) is 21.6. The van der Waals surface area contributed by atoms with Gasteiger partial charge in [-0.25, -0.2) is 0 Å². The van der Waals surface area contributed by atoms with Crippen molar-refractivity contribution in [2.45, 2.75) is 50.7 Å². The van der Waals surface area contributed by atoms with Crippen LogP contribution in [0.5, 0.6) is 11.5 Å². The summed E-state index contributed by atoms with van der Waals surface area (Å²) in [6.07, 6.45) is 10.0. The van der Waals surface area contributed by atoms with Crippen molar-refractivity contribution in [3.63, 3.8) is 0 Å². The van der Waals surface area contributed by atoms with Crippen LogP contribution < -0.4 is 14.8 Å². The molecule has 172 valence electrons. The molecular weight excluding hydrogens is 416 g/mol. The first-order valence-corrected chi connectivity index (χ1v) is 12.0. The second kappa shape index (κ2) is 9.30. The number of likely N-dealkylation sites (tertiary alicyclic amines) is 1. The molecule has 2 amide bonds. The third-order valence-electron chi connectivity index (χ3n) is 6.81. The minimum atomic E-state index is -0.516. The standard InChI is InChI=1S/C27H30N2O4/c30-25(12-9-20-7-3-1-4-8-20)29-17-13-21(14-18-29)26(31)28-22-10-11-23-24(19-22)33-27(32-23)15-5-2-6-16-27/h1,3-4,7-12,19,21H,2,5-6,13-18H2,(H,28,31)/b12-9+. The summed E-state index contributed by atoms with van der Waals surface area (Å²) in [6, 6.07) is 15.4. The molecule has 33 heavy (non-hydrogen) atoms. The summed E-state index contributed by atoms with van der Waals surface area (Å²) in [5, 5.41) is 3.03. The maximum atomic E-state index is 12.8. The predicted octanol–water partition coefficient (Wildman–Crippen LogP) is 5.01. The van der Waals surface area contributed by atoms with Crippen molar-refractivity contribution in [3.05, 3.63) is 60.2 Å². The zero-order valence-corrected chi connectivity index (χ0v) is 18.8. The molecule has 1 N–H and O–H groups in total. The smallest absolute Gasteiger partial charge is 0.251 e. The van der Waals surface area contributed by atoms with E-state index in [-0.39, 0.29) is 17.7 Å². The van der Waals surface area contributed by atoms with Gasteiger partial charge in [0, 0.05) is 49.7 Å². The monoisotopic (exact) mass is 446 g/mol. The molecule has 0 unspecified atom stereocenters. The summed E-state index contributed by atoms with van der Waals surface area (Å²) in [6.45, 7) is 1.17. The van der Waals surface area contributed by atoms with Gasteiger partial charge in [-0.2, -0.15) is 0 Å². The van der Waals surface area contributed by atoms with Gasteiger partial charge in [0.1, 0.15) is 0 Å². The van der Waals surface area contributed by atoms with Gasteiger partial charge < -0.3 is 19.7 Å².